The first-order chi connectivity index (χ1) is 11.2. The Kier molecular flexibility index (Phi) is 4.28. The average Bonchev–Trinajstić information content (AvgIpc) is 3.01. The van der Waals surface area contributed by atoms with Gasteiger partial charge in [0.05, 0.1) is 18.5 Å². The number of ether oxygens (including phenoxy) is 1. The van der Waals surface area contributed by atoms with E-state index in [0.717, 1.165) is 12.1 Å². The minimum atomic E-state index is -0.216. The molecule has 0 unspecified atom stereocenters. The van der Waals surface area contributed by atoms with Gasteiger partial charge in [0.2, 0.25) is 5.91 Å². The molecule has 1 saturated heterocycles. The number of rotatable bonds is 4. The summed E-state index contributed by atoms with van der Waals surface area (Å²) in [5.74, 6) is 0.576. The van der Waals surface area contributed by atoms with E-state index in [1.165, 1.54) is 0 Å². The van der Waals surface area contributed by atoms with Gasteiger partial charge in [0.25, 0.3) is 5.91 Å². The van der Waals surface area contributed by atoms with Crippen molar-refractivity contribution in [3.63, 3.8) is 0 Å². The molecule has 0 saturated carbocycles. The topological polar surface area (TPSA) is 58.6 Å². The third kappa shape index (κ3) is 3.18. The molecule has 1 aliphatic rings. The Morgan fingerprint density at radius 2 is 1.87 bits per heavy atom. The monoisotopic (exact) mass is 310 g/mol. The van der Waals surface area contributed by atoms with E-state index < -0.39 is 0 Å². The van der Waals surface area contributed by atoms with Gasteiger partial charge in [-0.15, -0.1) is 0 Å². The van der Waals surface area contributed by atoms with Gasteiger partial charge >= 0.3 is 0 Å². The van der Waals surface area contributed by atoms with E-state index >= 15 is 0 Å². The molecule has 0 atom stereocenters. The zero-order valence-corrected chi connectivity index (χ0v) is 12.9. The number of methoxy groups -OCH3 is 1. The van der Waals surface area contributed by atoms with Gasteiger partial charge in [-0.25, -0.2) is 0 Å². The molecule has 0 bridgehead atoms. The molecule has 5 nitrogen and oxygen atoms in total. The van der Waals surface area contributed by atoms with Crippen LogP contribution in [0.2, 0.25) is 0 Å². The number of amides is 2. The van der Waals surface area contributed by atoms with E-state index in [4.69, 9.17) is 4.74 Å². The van der Waals surface area contributed by atoms with Crippen molar-refractivity contribution in [2.45, 2.75) is 12.8 Å². The van der Waals surface area contributed by atoms with Gasteiger partial charge in [-0.1, -0.05) is 12.1 Å². The highest BCUT2D eigenvalue weighted by Crippen LogP contribution is 2.29. The fourth-order valence-electron chi connectivity index (χ4n) is 2.65. The molecule has 0 aromatic heterocycles. The molecule has 1 N–H and O–H groups in total. The Bertz CT molecular complexity index is 725. The van der Waals surface area contributed by atoms with Crippen molar-refractivity contribution in [1.82, 2.24) is 0 Å². The molecule has 1 heterocycles. The zero-order valence-electron chi connectivity index (χ0n) is 12.9. The summed E-state index contributed by atoms with van der Waals surface area (Å²) in [6, 6.07) is 14.3. The summed E-state index contributed by atoms with van der Waals surface area (Å²) < 4.78 is 5.09. The molecule has 1 fully saturated rings. The molecule has 3 rings (SSSR count). The molecule has 0 radical (unpaired) electrons. The maximum atomic E-state index is 12.4. The van der Waals surface area contributed by atoms with Crippen LogP contribution >= 0.6 is 0 Å². The van der Waals surface area contributed by atoms with Crippen LogP contribution in [0.25, 0.3) is 0 Å². The second-order valence-electron chi connectivity index (χ2n) is 5.35. The Balaban J connectivity index is 1.82. The summed E-state index contributed by atoms with van der Waals surface area (Å²) in [6.45, 7) is 0.689. The van der Waals surface area contributed by atoms with E-state index in [1.54, 1.807) is 36.3 Å². The van der Waals surface area contributed by atoms with Gasteiger partial charge in [-0.3, -0.25) is 9.59 Å². The molecular weight excluding hydrogens is 292 g/mol. The van der Waals surface area contributed by atoms with Crippen LogP contribution in [-0.4, -0.2) is 25.5 Å². The largest absolute Gasteiger partial charge is 0.497 e. The van der Waals surface area contributed by atoms with Crippen LogP contribution < -0.4 is 15.0 Å². The van der Waals surface area contributed by atoms with Crippen LogP contribution in [0, 0.1) is 0 Å². The lowest BCUT2D eigenvalue weighted by atomic mass is 10.2. The third-order valence-electron chi connectivity index (χ3n) is 3.87. The minimum absolute atomic E-state index is 0.0937. The van der Waals surface area contributed by atoms with Crippen LogP contribution in [0.15, 0.2) is 48.5 Å². The first-order valence-electron chi connectivity index (χ1n) is 7.54. The van der Waals surface area contributed by atoms with Crippen LogP contribution in [0.1, 0.15) is 23.2 Å². The highest BCUT2D eigenvalue weighted by molar-refractivity contribution is 6.08. The second-order valence-corrected chi connectivity index (χ2v) is 5.35. The quantitative estimate of drug-likeness (QED) is 0.944. The number of anilines is 2. The van der Waals surface area contributed by atoms with Crippen molar-refractivity contribution < 1.29 is 14.3 Å². The van der Waals surface area contributed by atoms with E-state index in [1.807, 2.05) is 24.3 Å². The molecule has 2 aromatic carbocycles. The Hall–Kier alpha value is -2.82. The smallest absolute Gasteiger partial charge is 0.255 e. The predicted octanol–water partition coefficient (Wildman–Crippen LogP) is 3.07. The summed E-state index contributed by atoms with van der Waals surface area (Å²) in [6.07, 6.45) is 1.40. The summed E-state index contributed by atoms with van der Waals surface area (Å²) in [5, 5.41) is 2.89. The Morgan fingerprint density at radius 1 is 1.13 bits per heavy atom. The maximum Gasteiger partial charge on any atom is 0.255 e. The normalized spacial score (nSPS) is 14.0. The number of benzene rings is 2. The first-order valence-corrected chi connectivity index (χ1v) is 7.54. The molecular formula is C18H18N2O3. The lowest BCUT2D eigenvalue weighted by molar-refractivity contribution is -0.117. The molecule has 118 valence electrons. The zero-order chi connectivity index (χ0) is 16.2. The van der Waals surface area contributed by atoms with Gasteiger partial charge in [-0.2, -0.15) is 0 Å². The number of carbonyl (C=O) groups is 2. The lowest BCUT2D eigenvalue weighted by Gasteiger charge is -2.20. The van der Waals surface area contributed by atoms with Crippen molar-refractivity contribution in [2.75, 3.05) is 23.9 Å². The van der Waals surface area contributed by atoms with Gasteiger partial charge in [-0.05, 0) is 42.8 Å². The average molecular weight is 310 g/mol. The van der Waals surface area contributed by atoms with Crippen LogP contribution in [0.4, 0.5) is 11.4 Å². The number of nitrogens with one attached hydrogen (secondary N) is 1. The lowest BCUT2D eigenvalue weighted by Crippen LogP contribution is -2.25. The molecule has 0 aliphatic carbocycles. The predicted molar refractivity (Wildman–Crippen MR) is 89.0 cm³/mol. The van der Waals surface area contributed by atoms with Crippen molar-refractivity contribution in [3.8, 4) is 5.75 Å². The summed E-state index contributed by atoms with van der Waals surface area (Å²) in [5.41, 5.74) is 1.92. The maximum absolute atomic E-state index is 12.4. The van der Waals surface area contributed by atoms with Crippen LogP contribution in [-0.2, 0) is 4.79 Å². The molecule has 0 spiro atoms. The van der Waals surface area contributed by atoms with Crippen LogP contribution in [0.5, 0.6) is 5.75 Å². The first kappa shape index (κ1) is 15.1. The van der Waals surface area contributed by atoms with E-state index in [9.17, 15) is 9.59 Å². The van der Waals surface area contributed by atoms with Gasteiger partial charge in [0, 0.05) is 18.5 Å². The fourth-order valence-corrected chi connectivity index (χ4v) is 2.65. The molecule has 23 heavy (non-hydrogen) atoms. The third-order valence-corrected chi connectivity index (χ3v) is 3.87. The van der Waals surface area contributed by atoms with E-state index in [0.29, 0.717) is 30.0 Å². The molecule has 5 heteroatoms. The minimum Gasteiger partial charge on any atom is -0.497 e. The fraction of sp³-hybridized carbons (Fsp3) is 0.222. The van der Waals surface area contributed by atoms with Crippen molar-refractivity contribution in [3.05, 3.63) is 54.1 Å². The standard InChI is InChI=1S/C18H18N2O3/c1-23-14-10-8-13(9-11-14)18(22)19-15-5-2-3-6-16(15)20-12-4-7-17(20)21/h2-3,5-6,8-11H,4,7,12H2,1H3,(H,19,22). The summed E-state index contributed by atoms with van der Waals surface area (Å²) >= 11 is 0. The van der Waals surface area contributed by atoms with Crippen molar-refractivity contribution >= 4 is 23.2 Å². The SMILES string of the molecule is COc1ccc(C(=O)Nc2ccccc2N2CCCC2=O)cc1. The van der Waals surface area contributed by atoms with Gasteiger partial charge < -0.3 is 15.0 Å². The molecule has 1 aliphatic heterocycles. The van der Waals surface area contributed by atoms with Gasteiger partial charge in [0.1, 0.15) is 5.75 Å². The number of hydrogen-bond acceptors (Lipinski definition) is 3. The highest BCUT2D eigenvalue weighted by atomic mass is 16.5. The van der Waals surface area contributed by atoms with Crippen molar-refractivity contribution in [2.24, 2.45) is 0 Å². The van der Waals surface area contributed by atoms with E-state index in [2.05, 4.69) is 5.32 Å². The number of nitrogens with zero attached hydrogens (tertiary/aromatic N) is 1. The van der Waals surface area contributed by atoms with Crippen molar-refractivity contribution in [1.29, 1.82) is 0 Å². The van der Waals surface area contributed by atoms with Gasteiger partial charge in [0.15, 0.2) is 0 Å². The summed E-state index contributed by atoms with van der Waals surface area (Å²) in [4.78, 5) is 26.1. The highest BCUT2D eigenvalue weighted by Gasteiger charge is 2.24. The Labute approximate surface area is 134 Å². The Morgan fingerprint density at radius 3 is 2.52 bits per heavy atom. The van der Waals surface area contributed by atoms with Crippen LogP contribution in [0.3, 0.4) is 0 Å². The molecule has 2 amide bonds. The summed E-state index contributed by atoms with van der Waals surface area (Å²) in [7, 11) is 1.58. The number of para-hydroxylation sites is 2. The molecule has 2 aromatic rings. The number of hydrogen-bond donors (Lipinski definition) is 1. The van der Waals surface area contributed by atoms with E-state index in [-0.39, 0.29) is 11.8 Å². The second kappa shape index (κ2) is 6.52. The number of carbonyl (C=O) groups excluding carboxylic acids is 2.